The predicted octanol–water partition coefficient (Wildman–Crippen LogP) is 5.52. The molecule has 0 aliphatic rings. The van der Waals surface area contributed by atoms with E-state index in [2.05, 4.69) is 17.6 Å². The van der Waals surface area contributed by atoms with Crippen molar-refractivity contribution in [1.29, 1.82) is 0 Å². The molecule has 0 bridgehead atoms. The number of hydrogen-bond donors (Lipinski definition) is 2. The third-order valence-corrected chi connectivity index (χ3v) is 5.60. The third-order valence-electron chi connectivity index (χ3n) is 5.60. The van der Waals surface area contributed by atoms with E-state index in [-0.39, 0.29) is 23.8 Å². The zero-order valence-electron chi connectivity index (χ0n) is 23.2. The second-order valence-corrected chi connectivity index (χ2v) is 10.9. The van der Waals surface area contributed by atoms with Gasteiger partial charge in [-0.1, -0.05) is 57.9 Å². The van der Waals surface area contributed by atoms with Crippen LogP contribution in [-0.2, 0) is 14.3 Å². The second kappa shape index (κ2) is 14.1. The molecule has 1 aromatic carbocycles. The summed E-state index contributed by atoms with van der Waals surface area (Å²) < 4.78 is 5.43. The van der Waals surface area contributed by atoms with Gasteiger partial charge in [-0.2, -0.15) is 0 Å². The molecule has 2 atom stereocenters. The zero-order chi connectivity index (χ0) is 26.8. The number of hydrogen-bond acceptors (Lipinski definition) is 4. The van der Waals surface area contributed by atoms with E-state index in [9.17, 15) is 14.4 Å². The first-order chi connectivity index (χ1) is 16.3. The molecule has 0 aliphatic heterocycles. The lowest BCUT2D eigenvalue weighted by Gasteiger charge is -2.38. The number of rotatable bonds is 12. The maximum absolute atomic E-state index is 14.0. The molecule has 0 radical (unpaired) electrons. The summed E-state index contributed by atoms with van der Waals surface area (Å²) in [5.41, 5.74) is 1.03. The molecule has 0 aromatic heterocycles. The quantitative estimate of drug-likeness (QED) is 0.379. The van der Waals surface area contributed by atoms with Crippen LogP contribution in [0.5, 0.6) is 0 Å². The number of unbranched alkanes of at least 4 members (excludes halogenated alkanes) is 2. The largest absolute Gasteiger partial charge is 0.444 e. The van der Waals surface area contributed by atoms with Gasteiger partial charge in [-0.15, -0.1) is 0 Å². The minimum atomic E-state index is -0.813. The highest BCUT2D eigenvalue weighted by molar-refractivity contribution is 5.92. The molecule has 2 N–H and O–H groups in total. The Bertz CT molecular complexity index is 830. The normalized spacial score (nSPS) is 13.3. The van der Waals surface area contributed by atoms with E-state index in [0.29, 0.717) is 13.0 Å². The molecule has 3 amide bonds. The van der Waals surface area contributed by atoms with Crippen LogP contribution in [0.15, 0.2) is 24.3 Å². The Morgan fingerprint density at radius 2 is 1.66 bits per heavy atom. The fraction of sp³-hybridized carbons (Fsp3) is 0.679. The molecule has 198 valence electrons. The standard InChI is InChI=1S/C28H47N3O4/c1-10-11-14-17-29-25(32)24(22-16-13-12-15-21(22)6)31(20(4)5)26(33)23(18-19(2)3)30-27(34)35-28(7,8)9/h12-13,15-16,19-20,23-24H,10-11,14,17-18H2,1-9H3,(H,29,32)(H,30,34). The topological polar surface area (TPSA) is 87.7 Å². The predicted molar refractivity (Wildman–Crippen MR) is 141 cm³/mol. The van der Waals surface area contributed by atoms with Gasteiger partial charge in [0.05, 0.1) is 0 Å². The Kier molecular flexibility index (Phi) is 12.3. The van der Waals surface area contributed by atoms with Crippen molar-refractivity contribution in [2.75, 3.05) is 6.54 Å². The Hall–Kier alpha value is -2.57. The minimum absolute atomic E-state index is 0.146. The van der Waals surface area contributed by atoms with E-state index in [4.69, 9.17) is 4.74 Å². The first-order valence-electron chi connectivity index (χ1n) is 12.9. The summed E-state index contributed by atoms with van der Waals surface area (Å²) in [6.07, 6.45) is 2.75. The van der Waals surface area contributed by atoms with Crippen LogP contribution in [0.2, 0.25) is 0 Å². The van der Waals surface area contributed by atoms with Gasteiger partial charge < -0.3 is 20.3 Å². The number of nitrogens with one attached hydrogen (secondary N) is 2. The lowest BCUT2D eigenvalue weighted by atomic mass is 9.95. The van der Waals surface area contributed by atoms with Gasteiger partial charge in [0.25, 0.3) is 0 Å². The third kappa shape index (κ3) is 10.3. The molecule has 1 aromatic rings. The Morgan fingerprint density at radius 1 is 1.03 bits per heavy atom. The van der Waals surface area contributed by atoms with Gasteiger partial charge in [0.2, 0.25) is 11.8 Å². The molecule has 2 unspecified atom stereocenters. The number of carbonyl (C=O) groups is 3. The average molecular weight is 490 g/mol. The monoisotopic (exact) mass is 489 g/mol. The van der Waals surface area contributed by atoms with E-state index in [1.165, 1.54) is 0 Å². The smallest absolute Gasteiger partial charge is 0.408 e. The SMILES string of the molecule is CCCCCNC(=O)C(c1ccccc1C)N(C(=O)C(CC(C)C)NC(=O)OC(C)(C)C)C(C)C. The number of nitrogens with zero attached hydrogens (tertiary/aromatic N) is 1. The van der Waals surface area contributed by atoms with Gasteiger partial charge in [0, 0.05) is 12.6 Å². The van der Waals surface area contributed by atoms with E-state index in [0.717, 1.165) is 30.4 Å². The number of ether oxygens (including phenoxy) is 1. The molecule has 0 aliphatic carbocycles. The molecular weight excluding hydrogens is 442 g/mol. The van der Waals surface area contributed by atoms with Crippen LogP contribution in [0.25, 0.3) is 0 Å². The van der Waals surface area contributed by atoms with Crippen molar-refractivity contribution in [3.05, 3.63) is 35.4 Å². The Morgan fingerprint density at radius 3 is 2.17 bits per heavy atom. The van der Waals surface area contributed by atoms with Crippen LogP contribution < -0.4 is 10.6 Å². The van der Waals surface area contributed by atoms with Crippen LogP contribution in [0.3, 0.4) is 0 Å². The molecule has 1 rings (SSSR count). The summed E-state index contributed by atoms with van der Waals surface area (Å²) in [5, 5.41) is 5.82. The van der Waals surface area contributed by atoms with Crippen LogP contribution in [-0.4, -0.2) is 47.0 Å². The van der Waals surface area contributed by atoms with Crippen LogP contribution in [0, 0.1) is 12.8 Å². The van der Waals surface area contributed by atoms with Crippen LogP contribution >= 0.6 is 0 Å². The second-order valence-electron chi connectivity index (χ2n) is 10.9. The van der Waals surface area contributed by atoms with Crippen LogP contribution in [0.4, 0.5) is 4.79 Å². The molecule has 0 heterocycles. The number of benzene rings is 1. The minimum Gasteiger partial charge on any atom is -0.444 e. The highest BCUT2D eigenvalue weighted by Gasteiger charge is 2.38. The fourth-order valence-electron chi connectivity index (χ4n) is 4.00. The van der Waals surface area contributed by atoms with Crippen molar-refractivity contribution in [3.8, 4) is 0 Å². The molecular formula is C28H47N3O4. The van der Waals surface area contributed by atoms with E-state index in [1.54, 1.807) is 25.7 Å². The van der Waals surface area contributed by atoms with Crippen molar-refractivity contribution >= 4 is 17.9 Å². The lowest BCUT2D eigenvalue weighted by Crippen LogP contribution is -2.55. The maximum Gasteiger partial charge on any atom is 0.408 e. The van der Waals surface area contributed by atoms with Gasteiger partial charge in [-0.05, 0) is 71.4 Å². The van der Waals surface area contributed by atoms with Crippen LogP contribution in [0.1, 0.15) is 98.2 Å². The molecule has 7 nitrogen and oxygen atoms in total. The first-order valence-corrected chi connectivity index (χ1v) is 12.9. The molecule has 0 saturated carbocycles. The lowest BCUT2D eigenvalue weighted by molar-refractivity contribution is -0.145. The summed E-state index contributed by atoms with van der Waals surface area (Å²) in [6.45, 7) is 17.7. The van der Waals surface area contributed by atoms with Gasteiger partial charge in [-0.3, -0.25) is 9.59 Å². The summed E-state index contributed by atoms with van der Waals surface area (Å²) in [5.74, 6) is -0.359. The summed E-state index contributed by atoms with van der Waals surface area (Å²) >= 11 is 0. The van der Waals surface area contributed by atoms with Crippen molar-refractivity contribution in [3.63, 3.8) is 0 Å². The Balaban J connectivity index is 3.39. The van der Waals surface area contributed by atoms with Gasteiger partial charge in [0.15, 0.2) is 0 Å². The van der Waals surface area contributed by atoms with Crippen molar-refractivity contribution in [1.82, 2.24) is 15.5 Å². The van der Waals surface area contributed by atoms with E-state index >= 15 is 0 Å². The molecule has 0 spiro atoms. The molecule has 0 fully saturated rings. The number of amides is 3. The average Bonchev–Trinajstić information content (AvgIpc) is 2.72. The summed E-state index contributed by atoms with van der Waals surface area (Å²) in [6, 6.07) is 5.75. The van der Waals surface area contributed by atoms with Crippen molar-refractivity contribution in [2.45, 2.75) is 112 Å². The van der Waals surface area contributed by atoms with E-state index in [1.807, 2.05) is 58.9 Å². The molecule has 35 heavy (non-hydrogen) atoms. The highest BCUT2D eigenvalue weighted by Crippen LogP contribution is 2.28. The van der Waals surface area contributed by atoms with E-state index < -0.39 is 23.8 Å². The summed E-state index contributed by atoms with van der Waals surface area (Å²) in [7, 11) is 0. The van der Waals surface area contributed by atoms with Gasteiger partial charge in [0.1, 0.15) is 17.7 Å². The number of alkyl carbamates (subject to hydrolysis) is 1. The summed E-state index contributed by atoms with van der Waals surface area (Å²) in [4.78, 5) is 41.8. The zero-order valence-corrected chi connectivity index (χ0v) is 23.2. The maximum atomic E-state index is 14.0. The number of aryl methyl sites for hydroxylation is 1. The van der Waals surface area contributed by atoms with Crippen molar-refractivity contribution < 1.29 is 19.1 Å². The first kappa shape index (κ1) is 30.5. The number of carbonyl (C=O) groups excluding carboxylic acids is 3. The van der Waals surface area contributed by atoms with Gasteiger partial charge in [-0.25, -0.2) is 4.79 Å². The fourth-order valence-corrected chi connectivity index (χ4v) is 4.00. The Labute approximate surface area is 212 Å². The molecule has 0 saturated heterocycles. The molecule has 7 heteroatoms. The highest BCUT2D eigenvalue weighted by atomic mass is 16.6. The van der Waals surface area contributed by atoms with Crippen molar-refractivity contribution in [2.24, 2.45) is 5.92 Å². The van der Waals surface area contributed by atoms with Gasteiger partial charge >= 0.3 is 6.09 Å².